The van der Waals surface area contributed by atoms with E-state index in [0.717, 1.165) is 6.07 Å². The van der Waals surface area contributed by atoms with Gasteiger partial charge in [-0.15, -0.1) is 0 Å². The molecule has 2 aromatic carbocycles. The van der Waals surface area contributed by atoms with Gasteiger partial charge in [0.25, 0.3) is 0 Å². The Bertz CT molecular complexity index is 616. The van der Waals surface area contributed by atoms with E-state index in [-0.39, 0.29) is 23.7 Å². The number of hydrogen-bond acceptors (Lipinski definition) is 3. The van der Waals surface area contributed by atoms with Crippen LogP contribution in [0.15, 0.2) is 36.4 Å². The standard InChI is InChI=1S/C15H13F2NO2/c1-9-13(17)6-11(7-14(9)18)15(19)20-8-10-2-4-12(16)5-3-10/h2-7H,8,18H2,1H3. The molecule has 2 aromatic rings. The van der Waals surface area contributed by atoms with E-state index in [2.05, 4.69) is 0 Å². The summed E-state index contributed by atoms with van der Waals surface area (Å²) < 4.78 is 31.2. The summed E-state index contributed by atoms with van der Waals surface area (Å²) in [5.41, 5.74) is 6.77. The molecular weight excluding hydrogens is 264 g/mol. The fraction of sp³-hybridized carbons (Fsp3) is 0.133. The molecule has 20 heavy (non-hydrogen) atoms. The van der Waals surface area contributed by atoms with E-state index in [1.165, 1.54) is 37.3 Å². The number of ether oxygens (including phenoxy) is 1. The van der Waals surface area contributed by atoms with Crippen LogP contribution >= 0.6 is 0 Å². The first-order valence-electron chi connectivity index (χ1n) is 5.94. The molecule has 0 aromatic heterocycles. The maximum Gasteiger partial charge on any atom is 0.338 e. The second-order valence-electron chi connectivity index (χ2n) is 4.37. The van der Waals surface area contributed by atoms with Crippen LogP contribution in [-0.2, 0) is 11.3 Å². The first-order chi connectivity index (χ1) is 9.47. The van der Waals surface area contributed by atoms with Crippen molar-refractivity contribution < 1.29 is 18.3 Å². The van der Waals surface area contributed by atoms with Crippen molar-refractivity contribution in [1.82, 2.24) is 0 Å². The smallest absolute Gasteiger partial charge is 0.338 e. The zero-order valence-electron chi connectivity index (χ0n) is 10.8. The van der Waals surface area contributed by atoms with Crippen LogP contribution in [0.2, 0.25) is 0 Å². The number of carbonyl (C=O) groups excluding carboxylic acids is 1. The van der Waals surface area contributed by atoms with Gasteiger partial charge in [-0.2, -0.15) is 0 Å². The fourth-order valence-corrected chi connectivity index (χ4v) is 1.63. The van der Waals surface area contributed by atoms with E-state index in [9.17, 15) is 13.6 Å². The summed E-state index contributed by atoms with van der Waals surface area (Å²) in [4.78, 5) is 11.8. The lowest BCUT2D eigenvalue weighted by atomic mass is 10.1. The topological polar surface area (TPSA) is 52.3 Å². The predicted octanol–water partition coefficient (Wildman–Crippen LogP) is 3.21. The number of carbonyl (C=O) groups is 1. The largest absolute Gasteiger partial charge is 0.457 e. The second-order valence-corrected chi connectivity index (χ2v) is 4.37. The Balaban J connectivity index is 2.07. The van der Waals surface area contributed by atoms with E-state index in [4.69, 9.17) is 10.5 Å². The van der Waals surface area contributed by atoms with Crippen molar-refractivity contribution in [3.05, 3.63) is 64.7 Å². The third-order valence-corrected chi connectivity index (χ3v) is 2.90. The number of esters is 1. The zero-order chi connectivity index (χ0) is 14.7. The summed E-state index contributed by atoms with van der Waals surface area (Å²) in [6, 6.07) is 8.00. The molecule has 104 valence electrons. The molecule has 0 saturated heterocycles. The summed E-state index contributed by atoms with van der Waals surface area (Å²) in [7, 11) is 0. The van der Waals surface area contributed by atoms with Gasteiger partial charge in [-0.25, -0.2) is 13.6 Å². The number of benzene rings is 2. The molecule has 0 atom stereocenters. The summed E-state index contributed by atoms with van der Waals surface area (Å²) in [6.07, 6.45) is 0. The highest BCUT2D eigenvalue weighted by Crippen LogP contribution is 2.18. The minimum Gasteiger partial charge on any atom is -0.457 e. The van der Waals surface area contributed by atoms with Gasteiger partial charge in [0.2, 0.25) is 0 Å². The van der Waals surface area contributed by atoms with Crippen molar-refractivity contribution in [2.45, 2.75) is 13.5 Å². The summed E-state index contributed by atoms with van der Waals surface area (Å²) in [5.74, 6) is -1.60. The third kappa shape index (κ3) is 3.12. The van der Waals surface area contributed by atoms with Crippen LogP contribution in [0.4, 0.5) is 14.5 Å². The van der Waals surface area contributed by atoms with Gasteiger partial charge >= 0.3 is 5.97 Å². The average molecular weight is 277 g/mol. The molecule has 3 nitrogen and oxygen atoms in total. The van der Waals surface area contributed by atoms with Gasteiger partial charge in [0, 0.05) is 11.3 Å². The highest BCUT2D eigenvalue weighted by atomic mass is 19.1. The number of hydrogen-bond donors (Lipinski definition) is 1. The molecule has 0 unspecified atom stereocenters. The Hall–Kier alpha value is -2.43. The molecule has 0 amide bonds. The van der Waals surface area contributed by atoms with Crippen molar-refractivity contribution in [3.63, 3.8) is 0 Å². The van der Waals surface area contributed by atoms with Crippen LogP contribution < -0.4 is 5.73 Å². The van der Waals surface area contributed by atoms with Crippen LogP contribution in [-0.4, -0.2) is 5.97 Å². The molecule has 0 fully saturated rings. The molecule has 2 N–H and O–H groups in total. The number of anilines is 1. The lowest BCUT2D eigenvalue weighted by Gasteiger charge is -2.08. The van der Waals surface area contributed by atoms with Gasteiger partial charge in [0.1, 0.15) is 18.2 Å². The third-order valence-electron chi connectivity index (χ3n) is 2.90. The Morgan fingerprint density at radius 2 is 1.85 bits per heavy atom. The maximum atomic E-state index is 13.5. The lowest BCUT2D eigenvalue weighted by molar-refractivity contribution is 0.0472. The van der Waals surface area contributed by atoms with Gasteiger partial charge in [-0.1, -0.05) is 12.1 Å². The van der Waals surface area contributed by atoms with Crippen LogP contribution in [0, 0.1) is 18.6 Å². The Morgan fingerprint density at radius 3 is 2.45 bits per heavy atom. The van der Waals surface area contributed by atoms with Gasteiger partial charge in [-0.3, -0.25) is 0 Å². The molecule has 0 radical (unpaired) electrons. The van der Waals surface area contributed by atoms with Gasteiger partial charge in [0.15, 0.2) is 0 Å². The molecule has 0 aliphatic carbocycles. The molecule has 0 aliphatic rings. The van der Waals surface area contributed by atoms with E-state index in [1.807, 2.05) is 0 Å². The van der Waals surface area contributed by atoms with Gasteiger partial charge in [0.05, 0.1) is 5.56 Å². The Kier molecular flexibility index (Phi) is 3.98. The van der Waals surface area contributed by atoms with Crippen molar-refractivity contribution in [3.8, 4) is 0 Å². The van der Waals surface area contributed by atoms with Crippen LogP contribution in [0.1, 0.15) is 21.5 Å². The minimum absolute atomic E-state index is 0.0193. The first-order valence-corrected chi connectivity index (χ1v) is 5.94. The summed E-state index contributed by atoms with van der Waals surface area (Å²) >= 11 is 0. The number of nitrogens with two attached hydrogens (primary N) is 1. The minimum atomic E-state index is -0.681. The average Bonchev–Trinajstić information content (AvgIpc) is 2.43. The lowest BCUT2D eigenvalue weighted by Crippen LogP contribution is -2.07. The van der Waals surface area contributed by atoms with E-state index in [1.54, 1.807) is 0 Å². The summed E-state index contributed by atoms with van der Waals surface area (Å²) in [5, 5.41) is 0. The molecule has 2 rings (SSSR count). The van der Waals surface area contributed by atoms with E-state index >= 15 is 0 Å². The number of nitrogen functional groups attached to an aromatic ring is 1. The zero-order valence-corrected chi connectivity index (χ0v) is 10.8. The normalized spacial score (nSPS) is 10.3. The van der Waals surface area contributed by atoms with Crippen LogP contribution in [0.3, 0.4) is 0 Å². The highest BCUT2D eigenvalue weighted by Gasteiger charge is 2.12. The quantitative estimate of drug-likeness (QED) is 0.692. The molecular formula is C15H13F2NO2. The SMILES string of the molecule is Cc1c(N)cc(C(=O)OCc2ccc(F)cc2)cc1F. The molecule has 0 bridgehead atoms. The van der Waals surface area contributed by atoms with Gasteiger partial charge in [-0.05, 0) is 36.8 Å². The number of halogens is 2. The van der Waals surface area contributed by atoms with Crippen molar-refractivity contribution >= 4 is 11.7 Å². The molecule has 5 heteroatoms. The summed E-state index contributed by atoms with van der Waals surface area (Å²) in [6.45, 7) is 1.51. The van der Waals surface area contributed by atoms with Gasteiger partial charge < -0.3 is 10.5 Å². The van der Waals surface area contributed by atoms with Crippen molar-refractivity contribution in [2.75, 3.05) is 5.73 Å². The molecule has 0 heterocycles. The first kappa shape index (κ1) is 14.0. The molecule has 0 aliphatic heterocycles. The van der Waals surface area contributed by atoms with Crippen LogP contribution in [0.25, 0.3) is 0 Å². The second kappa shape index (κ2) is 5.69. The highest BCUT2D eigenvalue weighted by molar-refractivity contribution is 5.90. The number of rotatable bonds is 3. The van der Waals surface area contributed by atoms with E-state index < -0.39 is 11.8 Å². The molecule has 0 spiro atoms. The monoisotopic (exact) mass is 277 g/mol. The Morgan fingerprint density at radius 1 is 1.20 bits per heavy atom. The fourth-order valence-electron chi connectivity index (χ4n) is 1.63. The predicted molar refractivity (Wildman–Crippen MR) is 71.1 cm³/mol. The maximum absolute atomic E-state index is 13.5. The van der Waals surface area contributed by atoms with Crippen molar-refractivity contribution in [2.24, 2.45) is 0 Å². The molecule has 0 saturated carbocycles. The van der Waals surface area contributed by atoms with Crippen LogP contribution in [0.5, 0.6) is 0 Å². The Labute approximate surface area is 115 Å². The van der Waals surface area contributed by atoms with Crippen molar-refractivity contribution in [1.29, 1.82) is 0 Å². The van der Waals surface area contributed by atoms with E-state index in [0.29, 0.717) is 11.1 Å².